The average molecular weight is 184 g/mol. The zero-order valence-electron chi connectivity index (χ0n) is 7.00. The molecule has 0 unspecified atom stereocenters. The molecule has 1 saturated carbocycles. The molecule has 0 amide bonds. The van der Waals surface area contributed by atoms with Crippen molar-refractivity contribution < 1.29 is 0 Å². The first kappa shape index (κ1) is 7.94. The molecule has 1 aliphatic carbocycles. The molecule has 1 aromatic rings. The molecule has 0 aliphatic heterocycles. The first-order chi connectivity index (χ1) is 5.83. The standard InChI is InChI=1S/C7H12N4S/c1-8-4-6-9-10-7(12)11(6)5-2-3-5/h5,8H,2-4H2,1H3,(H,10,12). The number of aromatic amines is 1. The Hall–Kier alpha value is -0.680. The Kier molecular flexibility index (Phi) is 1.98. The van der Waals surface area contributed by atoms with Crippen molar-refractivity contribution in [2.24, 2.45) is 0 Å². The van der Waals surface area contributed by atoms with Crippen molar-refractivity contribution in [1.82, 2.24) is 20.1 Å². The second kappa shape index (κ2) is 2.99. The van der Waals surface area contributed by atoms with Gasteiger partial charge in [-0.25, -0.2) is 0 Å². The second-order valence-corrected chi connectivity index (χ2v) is 3.46. The van der Waals surface area contributed by atoms with Crippen LogP contribution in [0.15, 0.2) is 0 Å². The number of rotatable bonds is 3. The summed E-state index contributed by atoms with van der Waals surface area (Å²) < 4.78 is 2.87. The lowest BCUT2D eigenvalue weighted by molar-refractivity contribution is 0.640. The molecule has 1 fully saturated rings. The van der Waals surface area contributed by atoms with Gasteiger partial charge in [0.05, 0.1) is 6.54 Å². The molecule has 2 rings (SSSR count). The van der Waals surface area contributed by atoms with E-state index in [1.54, 1.807) is 0 Å². The maximum absolute atomic E-state index is 5.12. The van der Waals surface area contributed by atoms with Crippen LogP contribution in [0.4, 0.5) is 0 Å². The van der Waals surface area contributed by atoms with Crippen LogP contribution in [0, 0.1) is 4.77 Å². The Morgan fingerprint density at radius 1 is 1.75 bits per heavy atom. The fourth-order valence-corrected chi connectivity index (χ4v) is 1.63. The molecule has 0 radical (unpaired) electrons. The largest absolute Gasteiger partial charge is 0.313 e. The topological polar surface area (TPSA) is 45.6 Å². The van der Waals surface area contributed by atoms with Crippen LogP contribution in [0.1, 0.15) is 24.7 Å². The van der Waals surface area contributed by atoms with Gasteiger partial charge in [0.2, 0.25) is 0 Å². The van der Waals surface area contributed by atoms with Gasteiger partial charge in [-0.15, -0.1) is 0 Å². The molecule has 12 heavy (non-hydrogen) atoms. The van der Waals surface area contributed by atoms with Gasteiger partial charge in [0.1, 0.15) is 5.82 Å². The second-order valence-electron chi connectivity index (χ2n) is 3.08. The lowest BCUT2D eigenvalue weighted by atomic mass is 10.5. The summed E-state index contributed by atoms with van der Waals surface area (Å²) in [6.45, 7) is 0.781. The molecule has 1 aromatic heterocycles. The molecule has 4 nitrogen and oxygen atoms in total. The number of nitrogens with one attached hydrogen (secondary N) is 2. The van der Waals surface area contributed by atoms with E-state index in [1.807, 2.05) is 7.05 Å². The van der Waals surface area contributed by atoms with E-state index in [1.165, 1.54) is 12.8 Å². The van der Waals surface area contributed by atoms with Crippen molar-refractivity contribution in [2.75, 3.05) is 7.05 Å². The maximum Gasteiger partial charge on any atom is 0.195 e. The van der Waals surface area contributed by atoms with Crippen LogP contribution in [0.3, 0.4) is 0 Å². The fourth-order valence-electron chi connectivity index (χ4n) is 1.33. The third kappa shape index (κ3) is 1.30. The summed E-state index contributed by atoms with van der Waals surface area (Å²) in [6.07, 6.45) is 2.48. The predicted octanol–water partition coefficient (Wildman–Crippen LogP) is 0.995. The summed E-state index contributed by atoms with van der Waals surface area (Å²) in [4.78, 5) is 0. The third-order valence-electron chi connectivity index (χ3n) is 2.02. The van der Waals surface area contributed by atoms with Crippen LogP contribution in [0.5, 0.6) is 0 Å². The summed E-state index contributed by atoms with van der Waals surface area (Å²) in [5.74, 6) is 1.02. The number of nitrogens with zero attached hydrogens (tertiary/aromatic N) is 2. The maximum atomic E-state index is 5.12. The Morgan fingerprint density at radius 3 is 3.08 bits per heavy atom. The van der Waals surface area contributed by atoms with Gasteiger partial charge in [-0.3, -0.25) is 9.67 Å². The molecular weight excluding hydrogens is 172 g/mol. The summed E-state index contributed by atoms with van der Waals surface area (Å²) in [5.41, 5.74) is 0. The fraction of sp³-hybridized carbons (Fsp3) is 0.714. The Morgan fingerprint density at radius 2 is 2.50 bits per heavy atom. The molecule has 1 aliphatic rings. The molecule has 0 spiro atoms. The SMILES string of the molecule is CNCc1n[nH]c(=S)n1C1CC1. The van der Waals surface area contributed by atoms with Gasteiger partial charge >= 0.3 is 0 Å². The monoisotopic (exact) mass is 184 g/mol. The average Bonchev–Trinajstić information content (AvgIpc) is 2.80. The van der Waals surface area contributed by atoms with Crippen molar-refractivity contribution in [3.63, 3.8) is 0 Å². The highest BCUT2D eigenvalue weighted by Crippen LogP contribution is 2.35. The van der Waals surface area contributed by atoms with Crippen LogP contribution < -0.4 is 5.32 Å². The van der Waals surface area contributed by atoms with E-state index in [2.05, 4.69) is 20.1 Å². The predicted molar refractivity (Wildman–Crippen MR) is 48.4 cm³/mol. The lowest BCUT2D eigenvalue weighted by Gasteiger charge is -2.02. The highest BCUT2D eigenvalue weighted by Gasteiger charge is 2.26. The highest BCUT2D eigenvalue weighted by atomic mass is 32.1. The van der Waals surface area contributed by atoms with Crippen LogP contribution in [-0.2, 0) is 6.54 Å². The van der Waals surface area contributed by atoms with Crippen molar-refractivity contribution in [3.8, 4) is 0 Å². The van der Waals surface area contributed by atoms with Gasteiger partial charge in [0, 0.05) is 6.04 Å². The Balaban J connectivity index is 2.33. The van der Waals surface area contributed by atoms with E-state index in [0.717, 1.165) is 17.1 Å². The molecular formula is C7H12N4S. The molecule has 0 aromatic carbocycles. The Labute approximate surface area is 76.0 Å². The molecule has 2 N–H and O–H groups in total. The number of hydrogen-bond donors (Lipinski definition) is 2. The lowest BCUT2D eigenvalue weighted by Crippen LogP contribution is -2.11. The van der Waals surface area contributed by atoms with Crippen molar-refractivity contribution in [2.45, 2.75) is 25.4 Å². The molecule has 0 bridgehead atoms. The minimum Gasteiger partial charge on any atom is -0.313 e. The van der Waals surface area contributed by atoms with Gasteiger partial charge < -0.3 is 5.32 Å². The van der Waals surface area contributed by atoms with Crippen LogP contribution in [0.2, 0.25) is 0 Å². The molecule has 1 heterocycles. The molecule has 0 atom stereocenters. The number of hydrogen-bond acceptors (Lipinski definition) is 3. The zero-order chi connectivity index (χ0) is 8.55. The number of aromatic nitrogens is 3. The van der Waals surface area contributed by atoms with Crippen LogP contribution in [0.25, 0.3) is 0 Å². The van der Waals surface area contributed by atoms with E-state index in [4.69, 9.17) is 12.2 Å². The van der Waals surface area contributed by atoms with Gasteiger partial charge in [0.15, 0.2) is 4.77 Å². The summed E-state index contributed by atoms with van der Waals surface area (Å²) in [7, 11) is 1.91. The van der Waals surface area contributed by atoms with Gasteiger partial charge in [-0.05, 0) is 32.1 Å². The quantitative estimate of drug-likeness (QED) is 0.689. The number of H-pyrrole nitrogens is 1. The van der Waals surface area contributed by atoms with Crippen LogP contribution >= 0.6 is 12.2 Å². The molecule has 0 saturated heterocycles. The molecule has 66 valence electrons. The van der Waals surface area contributed by atoms with Gasteiger partial charge in [0.25, 0.3) is 0 Å². The first-order valence-corrected chi connectivity index (χ1v) is 4.54. The summed E-state index contributed by atoms with van der Waals surface area (Å²) in [5, 5.41) is 10.0. The zero-order valence-corrected chi connectivity index (χ0v) is 7.82. The first-order valence-electron chi connectivity index (χ1n) is 4.13. The summed E-state index contributed by atoms with van der Waals surface area (Å²) >= 11 is 5.12. The van der Waals surface area contributed by atoms with E-state index in [-0.39, 0.29) is 0 Å². The highest BCUT2D eigenvalue weighted by molar-refractivity contribution is 7.71. The van der Waals surface area contributed by atoms with E-state index in [0.29, 0.717) is 6.04 Å². The van der Waals surface area contributed by atoms with Gasteiger partial charge in [-0.2, -0.15) is 5.10 Å². The minimum absolute atomic E-state index is 0.611. The smallest absolute Gasteiger partial charge is 0.195 e. The van der Waals surface area contributed by atoms with Crippen molar-refractivity contribution >= 4 is 12.2 Å². The van der Waals surface area contributed by atoms with Gasteiger partial charge in [-0.1, -0.05) is 0 Å². The normalized spacial score (nSPS) is 16.8. The van der Waals surface area contributed by atoms with Crippen LogP contribution in [-0.4, -0.2) is 21.8 Å². The minimum atomic E-state index is 0.611. The van der Waals surface area contributed by atoms with E-state index >= 15 is 0 Å². The van der Waals surface area contributed by atoms with Crippen molar-refractivity contribution in [3.05, 3.63) is 10.6 Å². The van der Waals surface area contributed by atoms with Crippen molar-refractivity contribution in [1.29, 1.82) is 0 Å². The summed E-state index contributed by atoms with van der Waals surface area (Å²) in [6, 6.07) is 0.611. The van der Waals surface area contributed by atoms with E-state index < -0.39 is 0 Å². The molecule has 5 heteroatoms. The Bertz CT molecular complexity index is 322. The van der Waals surface area contributed by atoms with E-state index in [9.17, 15) is 0 Å². The third-order valence-corrected chi connectivity index (χ3v) is 2.31.